The van der Waals surface area contributed by atoms with Gasteiger partial charge in [-0.1, -0.05) is 42.5 Å². The molecular weight excluding hydrogens is 220 g/mol. The first-order chi connectivity index (χ1) is 8.92. The normalized spacial score (nSPS) is 16.9. The molecule has 1 aromatic carbocycles. The van der Waals surface area contributed by atoms with Gasteiger partial charge in [0.05, 0.1) is 11.9 Å². The largest absolute Gasteiger partial charge is 0.240 e. The van der Waals surface area contributed by atoms with Gasteiger partial charge in [-0.15, -0.1) is 0 Å². The molecule has 2 heterocycles. The molecule has 2 aliphatic rings. The number of rotatable bonds is 0. The lowest BCUT2D eigenvalue weighted by molar-refractivity contribution is 0.890. The standard InChI is InChI=1S/C16H12N2/c1-2-6-13-10-17-18-11-14-7-3-4-8-15(14)16(18)9-12(13)5-1/h1-4,6-11H,5H2. The van der Waals surface area contributed by atoms with E-state index in [0.29, 0.717) is 0 Å². The van der Waals surface area contributed by atoms with Crippen molar-refractivity contribution >= 4 is 23.1 Å². The van der Waals surface area contributed by atoms with Crippen molar-refractivity contribution in [3.8, 4) is 0 Å². The second-order valence-corrected chi connectivity index (χ2v) is 4.61. The van der Waals surface area contributed by atoms with Crippen LogP contribution < -0.4 is 0 Å². The van der Waals surface area contributed by atoms with Crippen molar-refractivity contribution in [3.05, 3.63) is 65.5 Å². The fourth-order valence-corrected chi connectivity index (χ4v) is 2.56. The van der Waals surface area contributed by atoms with Gasteiger partial charge in [-0.2, -0.15) is 5.10 Å². The van der Waals surface area contributed by atoms with Gasteiger partial charge in [-0.05, 0) is 23.6 Å². The first-order valence-electron chi connectivity index (χ1n) is 6.14. The molecule has 0 atom stereocenters. The summed E-state index contributed by atoms with van der Waals surface area (Å²) in [7, 11) is 0. The number of nitrogens with zero attached hydrogens (tertiary/aromatic N) is 2. The Balaban J connectivity index is 2.03. The molecule has 2 nitrogen and oxygen atoms in total. The lowest BCUT2D eigenvalue weighted by Gasteiger charge is -2.06. The van der Waals surface area contributed by atoms with Crippen molar-refractivity contribution in [2.24, 2.45) is 5.10 Å². The van der Waals surface area contributed by atoms with Crippen molar-refractivity contribution in [1.29, 1.82) is 0 Å². The number of benzene rings is 1. The van der Waals surface area contributed by atoms with E-state index in [1.807, 2.05) is 10.9 Å². The molecule has 1 aliphatic heterocycles. The van der Waals surface area contributed by atoms with E-state index in [2.05, 4.69) is 59.9 Å². The fraction of sp³-hybridized carbons (Fsp3) is 0.0625. The van der Waals surface area contributed by atoms with E-state index >= 15 is 0 Å². The van der Waals surface area contributed by atoms with Crippen LogP contribution in [0.5, 0.6) is 0 Å². The van der Waals surface area contributed by atoms with Gasteiger partial charge in [0.1, 0.15) is 0 Å². The zero-order valence-electron chi connectivity index (χ0n) is 9.88. The van der Waals surface area contributed by atoms with Gasteiger partial charge < -0.3 is 0 Å². The Labute approximate surface area is 105 Å². The van der Waals surface area contributed by atoms with Crippen molar-refractivity contribution in [1.82, 2.24) is 4.68 Å². The molecule has 0 spiro atoms. The van der Waals surface area contributed by atoms with Gasteiger partial charge in [0.2, 0.25) is 0 Å². The highest BCUT2D eigenvalue weighted by atomic mass is 15.3. The number of hydrogen-bond acceptors (Lipinski definition) is 1. The summed E-state index contributed by atoms with van der Waals surface area (Å²) in [6, 6.07) is 8.42. The maximum Gasteiger partial charge on any atom is 0.0727 e. The molecule has 1 aliphatic carbocycles. The molecule has 4 rings (SSSR count). The molecule has 0 bridgehead atoms. The van der Waals surface area contributed by atoms with Crippen LogP contribution in [0.1, 0.15) is 12.1 Å². The van der Waals surface area contributed by atoms with Gasteiger partial charge in [0.25, 0.3) is 0 Å². The van der Waals surface area contributed by atoms with E-state index in [1.165, 1.54) is 27.6 Å². The van der Waals surface area contributed by atoms with Crippen molar-refractivity contribution in [2.45, 2.75) is 6.42 Å². The highest BCUT2D eigenvalue weighted by Crippen LogP contribution is 2.29. The van der Waals surface area contributed by atoms with Crippen LogP contribution in [0.2, 0.25) is 0 Å². The Morgan fingerprint density at radius 3 is 3.11 bits per heavy atom. The van der Waals surface area contributed by atoms with Crippen LogP contribution in [0.15, 0.2) is 64.9 Å². The minimum atomic E-state index is 0.983. The molecule has 18 heavy (non-hydrogen) atoms. The topological polar surface area (TPSA) is 17.3 Å². The average molecular weight is 232 g/mol. The Kier molecular flexibility index (Phi) is 1.92. The van der Waals surface area contributed by atoms with E-state index in [1.54, 1.807) is 0 Å². The van der Waals surface area contributed by atoms with E-state index in [-0.39, 0.29) is 0 Å². The Hall–Kier alpha value is -2.35. The maximum atomic E-state index is 4.55. The van der Waals surface area contributed by atoms with Crippen LogP contribution in [-0.4, -0.2) is 10.9 Å². The second-order valence-electron chi connectivity index (χ2n) is 4.61. The summed E-state index contributed by atoms with van der Waals surface area (Å²) < 4.78 is 1.97. The summed E-state index contributed by atoms with van der Waals surface area (Å²) in [5, 5.41) is 7.04. The minimum Gasteiger partial charge on any atom is -0.240 e. The summed E-state index contributed by atoms with van der Waals surface area (Å²) in [5.74, 6) is 0. The van der Waals surface area contributed by atoms with Crippen molar-refractivity contribution in [2.75, 3.05) is 0 Å². The van der Waals surface area contributed by atoms with Crippen LogP contribution in [0.3, 0.4) is 0 Å². The highest BCUT2D eigenvalue weighted by molar-refractivity contribution is 5.96. The average Bonchev–Trinajstić information content (AvgIpc) is 2.65. The molecule has 2 heteroatoms. The molecule has 0 saturated carbocycles. The lowest BCUT2D eigenvalue weighted by Crippen LogP contribution is -1.92. The zero-order chi connectivity index (χ0) is 11.9. The Morgan fingerprint density at radius 2 is 2.11 bits per heavy atom. The third kappa shape index (κ3) is 1.32. The number of allylic oxidation sites excluding steroid dienone is 5. The van der Waals surface area contributed by atoms with Crippen LogP contribution in [0, 0.1) is 0 Å². The maximum absolute atomic E-state index is 4.55. The van der Waals surface area contributed by atoms with Crippen molar-refractivity contribution in [3.63, 3.8) is 0 Å². The van der Waals surface area contributed by atoms with Crippen LogP contribution in [0.25, 0.3) is 16.8 Å². The predicted octanol–water partition coefficient (Wildman–Crippen LogP) is 3.76. The zero-order valence-corrected chi connectivity index (χ0v) is 9.88. The molecule has 0 saturated heterocycles. The highest BCUT2D eigenvalue weighted by Gasteiger charge is 2.13. The second kappa shape index (κ2) is 3.57. The smallest absolute Gasteiger partial charge is 0.0727 e. The van der Waals surface area contributed by atoms with Gasteiger partial charge in [0.15, 0.2) is 0 Å². The Morgan fingerprint density at radius 1 is 1.17 bits per heavy atom. The fourth-order valence-electron chi connectivity index (χ4n) is 2.56. The minimum absolute atomic E-state index is 0.983. The van der Waals surface area contributed by atoms with Crippen LogP contribution in [0.4, 0.5) is 0 Å². The third-order valence-corrected chi connectivity index (χ3v) is 3.50. The molecule has 0 radical (unpaired) electrons. The van der Waals surface area contributed by atoms with Crippen LogP contribution in [-0.2, 0) is 0 Å². The van der Waals surface area contributed by atoms with E-state index in [9.17, 15) is 0 Å². The molecule has 1 aromatic heterocycles. The van der Waals surface area contributed by atoms with Crippen LogP contribution >= 0.6 is 0 Å². The molecule has 0 N–H and O–H groups in total. The molecular formula is C16H12N2. The predicted molar refractivity (Wildman–Crippen MR) is 75.6 cm³/mol. The molecule has 0 amide bonds. The van der Waals surface area contributed by atoms with Gasteiger partial charge in [0, 0.05) is 17.0 Å². The SMILES string of the molecule is C1=CCC2=Cc3c4ccccc4cn3N=CC2=C1. The summed E-state index contributed by atoms with van der Waals surface area (Å²) in [6.45, 7) is 0. The van der Waals surface area contributed by atoms with E-state index < -0.39 is 0 Å². The summed E-state index contributed by atoms with van der Waals surface area (Å²) in [6.07, 6.45) is 13.7. The first-order valence-corrected chi connectivity index (χ1v) is 6.14. The quantitative estimate of drug-likeness (QED) is 0.658. The van der Waals surface area contributed by atoms with Crippen molar-refractivity contribution < 1.29 is 0 Å². The van der Waals surface area contributed by atoms with E-state index in [0.717, 1.165) is 6.42 Å². The molecule has 86 valence electrons. The third-order valence-electron chi connectivity index (χ3n) is 3.50. The van der Waals surface area contributed by atoms with E-state index in [4.69, 9.17) is 0 Å². The number of hydrogen-bond donors (Lipinski definition) is 0. The molecule has 0 fully saturated rings. The lowest BCUT2D eigenvalue weighted by atomic mass is 9.97. The monoisotopic (exact) mass is 232 g/mol. The first kappa shape index (κ1) is 9.66. The summed E-state index contributed by atoms with van der Waals surface area (Å²) in [4.78, 5) is 0. The molecule has 0 unspecified atom stereocenters. The number of aromatic nitrogens is 1. The molecule has 2 aromatic rings. The summed E-state index contributed by atoms with van der Waals surface area (Å²) >= 11 is 0. The Bertz CT molecular complexity index is 754. The van der Waals surface area contributed by atoms with Gasteiger partial charge in [-0.25, -0.2) is 4.68 Å². The summed E-state index contributed by atoms with van der Waals surface area (Å²) in [5.41, 5.74) is 3.73. The van der Waals surface area contributed by atoms with Gasteiger partial charge >= 0.3 is 0 Å². The number of fused-ring (bicyclic) bond motifs is 4. The van der Waals surface area contributed by atoms with Gasteiger partial charge in [-0.3, -0.25) is 0 Å².